The van der Waals surface area contributed by atoms with Crippen LogP contribution in [0.4, 0.5) is 5.69 Å². The van der Waals surface area contributed by atoms with Gasteiger partial charge in [-0.1, -0.05) is 48.5 Å². The molecule has 0 spiro atoms. The molecule has 0 unspecified atom stereocenters. The Kier molecular flexibility index (Phi) is 2.39. The third-order valence-electron chi connectivity index (χ3n) is 4.45. The first-order valence-electron chi connectivity index (χ1n) is 6.90. The van der Waals surface area contributed by atoms with Crippen molar-refractivity contribution in [3.8, 4) is 0 Å². The van der Waals surface area contributed by atoms with Crippen molar-refractivity contribution >= 4 is 5.69 Å². The largest absolute Gasteiger partial charge is 0.359 e. The van der Waals surface area contributed by atoms with Gasteiger partial charge in [0, 0.05) is 11.1 Å². The topological polar surface area (TPSA) is 21.3 Å². The summed E-state index contributed by atoms with van der Waals surface area (Å²) in [5.74, 6) is 0. The minimum Gasteiger partial charge on any atom is -0.359 e. The maximum Gasteiger partial charge on any atom is 0.137 e. The zero-order valence-corrected chi connectivity index (χ0v) is 10.8. The highest BCUT2D eigenvalue weighted by Gasteiger charge is 2.50. The molecule has 96 valence electrons. The molecule has 2 aliphatic heterocycles. The second-order valence-corrected chi connectivity index (χ2v) is 5.51. The van der Waals surface area contributed by atoms with Crippen LogP contribution in [-0.2, 0) is 16.6 Å². The second kappa shape index (κ2) is 4.10. The Hall–Kier alpha value is -1.80. The highest BCUT2D eigenvalue weighted by molar-refractivity contribution is 5.62. The minimum absolute atomic E-state index is 0.109. The van der Waals surface area contributed by atoms with Crippen LogP contribution in [-0.4, -0.2) is 12.8 Å². The van der Waals surface area contributed by atoms with Crippen molar-refractivity contribution in [1.82, 2.24) is 0 Å². The van der Waals surface area contributed by atoms with Crippen molar-refractivity contribution in [2.75, 3.05) is 11.9 Å². The fraction of sp³-hybridized carbons (Fsp3) is 0.294. The maximum absolute atomic E-state index is 5.92. The molecular formula is C17H17NO. The average molecular weight is 251 g/mol. The lowest BCUT2D eigenvalue weighted by Gasteiger charge is -2.28. The molecule has 0 aliphatic carbocycles. The Balaban J connectivity index is 1.79. The molecule has 2 atom stereocenters. The van der Waals surface area contributed by atoms with Crippen LogP contribution in [0.2, 0.25) is 0 Å². The molecule has 0 amide bonds. The van der Waals surface area contributed by atoms with E-state index in [0.29, 0.717) is 0 Å². The fourth-order valence-electron chi connectivity index (χ4n) is 3.53. The van der Waals surface area contributed by atoms with Crippen LogP contribution in [0.1, 0.15) is 17.5 Å². The van der Waals surface area contributed by atoms with E-state index in [4.69, 9.17) is 4.74 Å². The number of hydrogen-bond donors (Lipinski definition) is 1. The number of hydrogen-bond acceptors (Lipinski definition) is 2. The lowest BCUT2D eigenvalue weighted by atomic mass is 9.75. The van der Waals surface area contributed by atoms with Crippen molar-refractivity contribution in [3.63, 3.8) is 0 Å². The summed E-state index contributed by atoms with van der Waals surface area (Å²) in [6.07, 6.45) is 2.27. The average Bonchev–Trinajstić information content (AvgIpc) is 2.96. The number of rotatable bonds is 2. The number of anilines is 1. The fourth-order valence-corrected chi connectivity index (χ4v) is 3.53. The number of para-hydroxylation sites is 1. The van der Waals surface area contributed by atoms with Gasteiger partial charge in [0.25, 0.3) is 0 Å². The summed E-state index contributed by atoms with van der Waals surface area (Å²) in [6, 6.07) is 19.4. The number of nitrogens with one attached hydrogen (secondary N) is 1. The van der Waals surface area contributed by atoms with Gasteiger partial charge in [0.05, 0.1) is 6.61 Å². The quantitative estimate of drug-likeness (QED) is 0.884. The summed E-state index contributed by atoms with van der Waals surface area (Å²) in [5.41, 5.74) is 4.15. The summed E-state index contributed by atoms with van der Waals surface area (Å²) in [5, 5.41) is 3.54. The lowest BCUT2D eigenvalue weighted by Crippen LogP contribution is -2.36. The molecule has 2 aliphatic rings. The molecule has 2 heterocycles. The van der Waals surface area contributed by atoms with Crippen molar-refractivity contribution in [2.45, 2.75) is 24.5 Å². The molecule has 4 rings (SSSR count). The summed E-state index contributed by atoms with van der Waals surface area (Å²) in [4.78, 5) is 0. The van der Waals surface area contributed by atoms with Crippen LogP contribution in [0.25, 0.3) is 0 Å². The molecule has 2 aromatic carbocycles. The van der Waals surface area contributed by atoms with Gasteiger partial charge in [-0.25, -0.2) is 0 Å². The van der Waals surface area contributed by atoms with Crippen LogP contribution < -0.4 is 5.32 Å². The first-order valence-corrected chi connectivity index (χ1v) is 6.90. The van der Waals surface area contributed by atoms with E-state index in [0.717, 1.165) is 19.4 Å². The molecule has 1 saturated heterocycles. The van der Waals surface area contributed by atoms with E-state index in [1.165, 1.54) is 16.8 Å². The number of benzene rings is 2. The molecule has 0 saturated carbocycles. The molecule has 2 nitrogen and oxygen atoms in total. The number of fused-ring (bicyclic) bond motifs is 3. The van der Waals surface area contributed by atoms with Crippen molar-refractivity contribution < 1.29 is 4.74 Å². The standard InChI is InChI=1S/C17H17NO/c1-2-6-13(7-3-1)12-17-10-11-19-16(17)18-15-9-5-4-8-14(15)17/h1-9,16,18H,10-12H2/t16-,17+/m0/s1. The predicted octanol–water partition coefficient (Wildman–Crippen LogP) is 3.34. The van der Waals surface area contributed by atoms with Gasteiger partial charge >= 0.3 is 0 Å². The molecule has 1 N–H and O–H groups in total. The van der Waals surface area contributed by atoms with E-state index in [1.54, 1.807) is 0 Å². The first-order chi connectivity index (χ1) is 9.38. The molecule has 0 bridgehead atoms. The van der Waals surface area contributed by atoms with E-state index in [1.807, 2.05) is 0 Å². The Morgan fingerprint density at radius 1 is 1.05 bits per heavy atom. The van der Waals surface area contributed by atoms with E-state index >= 15 is 0 Å². The van der Waals surface area contributed by atoms with Crippen molar-refractivity contribution in [3.05, 3.63) is 65.7 Å². The first kappa shape index (κ1) is 11.1. The van der Waals surface area contributed by atoms with Crippen LogP contribution in [0.15, 0.2) is 54.6 Å². The second-order valence-electron chi connectivity index (χ2n) is 5.51. The van der Waals surface area contributed by atoms with Gasteiger partial charge in [-0.2, -0.15) is 0 Å². The van der Waals surface area contributed by atoms with E-state index in [2.05, 4.69) is 59.9 Å². The van der Waals surface area contributed by atoms with Gasteiger partial charge in [0.2, 0.25) is 0 Å². The summed E-state index contributed by atoms with van der Waals surface area (Å²) in [7, 11) is 0. The molecule has 19 heavy (non-hydrogen) atoms. The van der Waals surface area contributed by atoms with Gasteiger partial charge in [0.1, 0.15) is 6.23 Å². The van der Waals surface area contributed by atoms with Gasteiger partial charge in [-0.05, 0) is 30.0 Å². The Bertz CT molecular complexity index is 595. The van der Waals surface area contributed by atoms with Gasteiger partial charge in [0.15, 0.2) is 0 Å². The molecule has 0 aromatic heterocycles. The van der Waals surface area contributed by atoms with E-state index in [-0.39, 0.29) is 11.6 Å². The normalized spacial score (nSPS) is 27.7. The van der Waals surface area contributed by atoms with Crippen LogP contribution in [0.3, 0.4) is 0 Å². The summed E-state index contributed by atoms with van der Waals surface area (Å²) in [6.45, 7) is 0.846. The van der Waals surface area contributed by atoms with Crippen molar-refractivity contribution in [2.24, 2.45) is 0 Å². The molecule has 2 heteroatoms. The summed E-state index contributed by atoms with van der Waals surface area (Å²) < 4.78 is 5.92. The van der Waals surface area contributed by atoms with Gasteiger partial charge in [-0.15, -0.1) is 0 Å². The van der Waals surface area contributed by atoms with Crippen LogP contribution in [0, 0.1) is 0 Å². The Morgan fingerprint density at radius 2 is 1.84 bits per heavy atom. The molecule has 0 radical (unpaired) electrons. The predicted molar refractivity (Wildman–Crippen MR) is 76.2 cm³/mol. The van der Waals surface area contributed by atoms with Crippen molar-refractivity contribution in [1.29, 1.82) is 0 Å². The van der Waals surface area contributed by atoms with Gasteiger partial charge < -0.3 is 10.1 Å². The number of ether oxygens (including phenoxy) is 1. The smallest absolute Gasteiger partial charge is 0.137 e. The Labute approximate surface area is 113 Å². The molecule has 2 aromatic rings. The highest BCUT2D eigenvalue weighted by Crippen LogP contribution is 2.49. The third kappa shape index (κ3) is 1.60. The SMILES string of the molecule is c1ccc(C[C@@]23CCO[C@@H]2Nc2ccccc23)cc1. The van der Waals surface area contributed by atoms with Crippen LogP contribution >= 0.6 is 0 Å². The van der Waals surface area contributed by atoms with E-state index < -0.39 is 0 Å². The lowest BCUT2D eigenvalue weighted by molar-refractivity contribution is 0.107. The van der Waals surface area contributed by atoms with E-state index in [9.17, 15) is 0 Å². The van der Waals surface area contributed by atoms with Gasteiger partial charge in [-0.3, -0.25) is 0 Å². The zero-order chi connectivity index (χ0) is 12.7. The zero-order valence-electron chi connectivity index (χ0n) is 10.8. The molecule has 1 fully saturated rings. The third-order valence-corrected chi connectivity index (χ3v) is 4.45. The summed E-state index contributed by atoms with van der Waals surface area (Å²) >= 11 is 0. The Morgan fingerprint density at radius 3 is 2.74 bits per heavy atom. The minimum atomic E-state index is 0.109. The highest BCUT2D eigenvalue weighted by atomic mass is 16.5. The molecular weight excluding hydrogens is 234 g/mol. The maximum atomic E-state index is 5.92. The van der Waals surface area contributed by atoms with Crippen LogP contribution in [0.5, 0.6) is 0 Å². The monoisotopic (exact) mass is 251 g/mol.